The molecule has 0 heterocycles. The minimum atomic E-state index is 0.832. The first-order chi connectivity index (χ1) is 7.24. The Balaban J connectivity index is 1.71. The van der Waals surface area contributed by atoms with Gasteiger partial charge in [0, 0.05) is 4.83 Å². The molecule has 0 N–H and O–H groups in total. The van der Waals surface area contributed by atoms with Crippen LogP contribution >= 0.6 is 15.9 Å². The lowest BCUT2D eigenvalue weighted by Gasteiger charge is -2.32. The Morgan fingerprint density at radius 2 is 1.67 bits per heavy atom. The number of hydrogen-bond donors (Lipinski definition) is 0. The summed E-state index contributed by atoms with van der Waals surface area (Å²) in [5, 5.41) is 0. The van der Waals surface area contributed by atoms with E-state index in [0.29, 0.717) is 0 Å². The topological polar surface area (TPSA) is 0 Å². The SMILES string of the molecule is CC1CCC(CC2CCCC(Br)C2)CC1. The summed E-state index contributed by atoms with van der Waals surface area (Å²) < 4.78 is 0. The predicted molar refractivity (Wildman–Crippen MR) is 70.4 cm³/mol. The molecule has 0 radical (unpaired) electrons. The van der Waals surface area contributed by atoms with Crippen LogP contribution in [0.1, 0.15) is 64.7 Å². The van der Waals surface area contributed by atoms with E-state index in [1.165, 1.54) is 57.8 Å². The van der Waals surface area contributed by atoms with Gasteiger partial charge in [0.1, 0.15) is 0 Å². The van der Waals surface area contributed by atoms with Gasteiger partial charge in [-0.2, -0.15) is 0 Å². The second-order valence-corrected chi connectivity index (χ2v) is 7.29. The fraction of sp³-hybridized carbons (Fsp3) is 1.00. The molecule has 0 spiro atoms. The van der Waals surface area contributed by atoms with Crippen molar-refractivity contribution in [2.24, 2.45) is 17.8 Å². The average molecular weight is 273 g/mol. The average Bonchev–Trinajstić information content (AvgIpc) is 2.22. The van der Waals surface area contributed by atoms with Gasteiger partial charge in [-0.25, -0.2) is 0 Å². The molecule has 0 saturated heterocycles. The first-order valence-corrected chi connectivity index (χ1v) is 7.79. The number of hydrogen-bond acceptors (Lipinski definition) is 0. The van der Waals surface area contributed by atoms with Crippen molar-refractivity contribution in [2.45, 2.75) is 69.5 Å². The van der Waals surface area contributed by atoms with Crippen LogP contribution in [0.3, 0.4) is 0 Å². The molecule has 1 heteroatoms. The maximum absolute atomic E-state index is 3.80. The molecule has 0 aromatic rings. The highest BCUT2D eigenvalue weighted by Crippen LogP contribution is 2.38. The van der Waals surface area contributed by atoms with Crippen molar-refractivity contribution in [1.29, 1.82) is 0 Å². The summed E-state index contributed by atoms with van der Waals surface area (Å²) >= 11 is 3.80. The Labute approximate surface area is 103 Å². The summed E-state index contributed by atoms with van der Waals surface area (Å²) in [5.41, 5.74) is 0. The van der Waals surface area contributed by atoms with Crippen molar-refractivity contribution >= 4 is 15.9 Å². The van der Waals surface area contributed by atoms with E-state index in [0.717, 1.165) is 22.6 Å². The Morgan fingerprint density at radius 3 is 2.33 bits per heavy atom. The van der Waals surface area contributed by atoms with E-state index < -0.39 is 0 Å². The highest BCUT2D eigenvalue weighted by Gasteiger charge is 2.25. The Morgan fingerprint density at radius 1 is 0.933 bits per heavy atom. The molecule has 2 aliphatic carbocycles. The summed E-state index contributed by atoms with van der Waals surface area (Å²) in [6.07, 6.45) is 13.4. The zero-order valence-corrected chi connectivity index (χ0v) is 11.6. The van der Waals surface area contributed by atoms with Crippen LogP contribution in [0.4, 0.5) is 0 Å². The van der Waals surface area contributed by atoms with Gasteiger partial charge in [-0.15, -0.1) is 0 Å². The second kappa shape index (κ2) is 5.70. The molecule has 0 aromatic heterocycles. The fourth-order valence-electron chi connectivity index (χ4n) is 3.48. The minimum absolute atomic E-state index is 0.832. The third kappa shape index (κ3) is 3.76. The van der Waals surface area contributed by atoms with Gasteiger partial charge >= 0.3 is 0 Å². The molecule has 2 fully saturated rings. The van der Waals surface area contributed by atoms with E-state index in [2.05, 4.69) is 22.9 Å². The van der Waals surface area contributed by atoms with Gasteiger partial charge in [0.25, 0.3) is 0 Å². The Bertz CT molecular complexity index is 182. The Hall–Kier alpha value is 0.480. The van der Waals surface area contributed by atoms with Crippen molar-refractivity contribution in [3.63, 3.8) is 0 Å². The number of alkyl halides is 1. The standard InChI is InChI=1S/C14H25Br/c1-11-5-7-12(8-6-11)9-13-3-2-4-14(15)10-13/h11-14H,2-10H2,1H3. The third-order valence-electron chi connectivity index (χ3n) is 4.52. The quantitative estimate of drug-likeness (QED) is 0.610. The normalized spacial score (nSPS) is 42.8. The van der Waals surface area contributed by atoms with E-state index in [-0.39, 0.29) is 0 Å². The molecule has 0 amide bonds. The maximum Gasteiger partial charge on any atom is 0.0148 e. The van der Waals surface area contributed by atoms with Crippen molar-refractivity contribution in [1.82, 2.24) is 0 Å². The maximum atomic E-state index is 3.80. The van der Waals surface area contributed by atoms with Crippen LogP contribution in [0.5, 0.6) is 0 Å². The molecule has 2 atom stereocenters. The van der Waals surface area contributed by atoms with E-state index >= 15 is 0 Å². The molecule has 2 saturated carbocycles. The van der Waals surface area contributed by atoms with Crippen LogP contribution in [0.25, 0.3) is 0 Å². The fourth-order valence-corrected chi connectivity index (χ4v) is 4.33. The first-order valence-electron chi connectivity index (χ1n) is 6.88. The van der Waals surface area contributed by atoms with Gasteiger partial charge in [-0.05, 0) is 37.0 Å². The van der Waals surface area contributed by atoms with E-state index in [9.17, 15) is 0 Å². The summed E-state index contributed by atoms with van der Waals surface area (Å²) in [4.78, 5) is 0.832. The Kier molecular flexibility index (Phi) is 4.54. The summed E-state index contributed by atoms with van der Waals surface area (Å²) in [6.45, 7) is 2.42. The lowest BCUT2D eigenvalue weighted by Crippen LogP contribution is -2.20. The smallest absolute Gasteiger partial charge is 0.0148 e. The van der Waals surface area contributed by atoms with Gasteiger partial charge in [-0.1, -0.05) is 61.4 Å². The van der Waals surface area contributed by atoms with Crippen LogP contribution in [0.15, 0.2) is 0 Å². The van der Waals surface area contributed by atoms with Crippen molar-refractivity contribution in [2.75, 3.05) is 0 Å². The molecule has 0 aliphatic heterocycles. The first kappa shape index (κ1) is 12.0. The molecular formula is C14H25Br. The van der Waals surface area contributed by atoms with E-state index in [1.54, 1.807) is 0 Å². The minimum Gasteiger partial charge on any atom is -0.0891 e. The molecule has 2 aliphatic rings. The van der Waals surface area contributed by atoms with Gasteiger partial charge < -0.3 is 0 Å². The summed E-state index contributed by atoms with van der Waals surface area (Å²) in [5.74, 6) is 3.13. The largest absolute Gasteiger partial charge is 0.0891 e. The lowest BCUT2D eigenvalue weighted by molar-refractivity contribution is 0.221. The molecule has 0 aromatic carbocycles. The highest BCUT2D eigenvalue weighted by molar-refractivity contribution is 9.09. The van der Waals surface area contributed by atoms with Gasteiger partial charge in [-0.3, -0.25) is 0 Å². The van der Waals surface area contributed by atoms with Crippen LogP contribution in [0, 0.1) is 17.8 Å². The summed E-state index contributed by atoms with van der Waals surface area (Å²) in [7, 11) is 0. The van der Waals surface area contributed by atoms with Crippen LogP contribution < -0.4 is 0 Å². The molecule has 0 bridgehead atoms. The molecule has 2 unspecified atom stereocenters. The zero-order valence-electron chi connectivity index (χ0n) is 10.1. The highest BCUT2D eigenvalue weighted by atomic mass is 79.9. The lowest BCUT2D eigenvalue weighted by atomic mass is 9.75. The van der Waals surface area contributed by atoms with Crippen LogP contribution in [0.2, 0.25) is 0 Å². The van der Waals surface area contributed by atoms with Crippen molar-refractivity contribution in [3.8, 4) is 0 Å². The molecule has 15 heavy (non-hydrogen) atoms. The molecular weight excluding hydrogens is 248 g/mol. The third-order valence-corrected chi connectivity index (χ3v) is 5.35. The molecule has 2 rings (SSSR count). The van der Waals surface area contributed by atoms with Crippen LogP contribution in [-0.2, 0) is 0 Å². The number of halogens is 1. The van der Waals surface area contributed by atoms with Gasteiger partial charge in [0.05, 0.1) is 0 Å². The molecule has 0 nitrogen and oxygen atoms in total. The predicted octanol–water partition coefficient (Wildman–Crippen LogP) is 5.16. The van der Waals surface area contributed by atoms with Crippen molar-refractivity contribution in [3.05, 3.63) is 0 Å². The number of rotatable bonds is 2. The monoisotopic (exact) mass is 272 g/mol. The van der Waals surface area contributed by atoms with E-state index in [4.69, 9.17) is 0 Å². The summed E-state index contributed by atoms with van der Waals surface area (Å²) in [6, 6.07) is 0. The molecule has 88 valence electrons. The van der Waals surface area contributed by atoms with Gasteiger partial charge in [0.15, 0.2) is 0 Å². The van der Waals surface area contributed by atoms with Gasteiger partial charge in [0.2, 0.25) is 0 Å². The van der Waals surface area contributed by atoms with Crippen molar-refractivity contribution < 1.29 is 0 Å². The zero-order chi connectivity index (χ0) is 10.7. The van der Waals surface area contributed by atoms with E-state index in [1.807, 2.05) is 0 Å². The second-order valence-electron chi connectivity index (χ2n) is 5.99. The van der Waals surface area contributed by atoms with Crippen LogP contribution in [-0.4, -0.2) is 4.83 Å².